The first-order valence-electron chi connectivity index (χ1n) is 7.00. The monoisotopic (exact) mass is 568 g/mol. The predicted molar refractivity (Wildman–Crippen MR) is 102 cm³/mol. The second-order valence-electron chi connectivity index (χ2n) is 4.68. The van der Waals surface area contributed by atoms with E-state index in [4.69, 9.17) is 24.1 Å². The summed E-state index contributed by atoms with van der Waals surface area (Å²) < 4.78 is 36.4. The molecule has 0 aliphatic carbocycles. The molecule has 0 aliphatic rings. The Bertz CT molecular complexity index is 520. The van der Waals surface area contributed by atoms with Crippen LogP contribution < -0.4 is 4.74 Å². The second kappa shape index (κ2) is 11.4. The van der Waals surface area contributed by atoms with Crippen molar-refractivity contribution in [3.8, 4) is 5.75 Å². The van der Waals surface area contributed by atoms with Crippen molar-refractivity contribution in [1.29, 1.82) is 0 Å². The molecule has 0 saturated heterocycles. The van der Waals surface area contributed by atoms with Crippen LogP contribution in [0.2, 0.25) is 0 Å². The van der Waals surface area contributed by atoms with E-state index >= 15 is 0 Å². The van der Waals surface area contributed by atoms with Gasteiger partial charge in [0.15, 0.2) is 0 Å². The molecule has 24 heavy (non-hydrogen) atoms. The van der Waals surface area contributed by atoms with E-state index in [9.17, 15) is 9.18 Å². The lowest BCUT2D eigenvalue weighted by Crippen LogP contribution is -2.27. The van der Waals surface area contributed by atoms with E-state index in [0.717, 1.165) is 7.14 Å². The van der Waals surface area contributed by atoms with Crippen LogP contribution in [0.5, 0.6) is 5.75 Å². The molecule has 0 fully saturated rings. The first-order chi connectivity index (χ1) is 11.4. The van der Waals surface area contributed by atoms with Crippen molar-refractivity contribution in [2.75, 3.05) is 40.6 Å². The standard InChI is InChI=1S/C15H19FI2O6/c1-21-3-5-23-13(12(16)15(19)20)9-7-10(17)14(11(18)8-9)24-6-4-22-2/h7-8,12-13H,3-6H2,1-2H3,(H,19,20). The van der Waals surface area contributed by atoms with Gasteiger partial charge in [-0.05, 0) is 62.9 Å². The molecule has 0 heterocycles. The number of carboxylic acids is 1. The summed E-state index contributed by atoms with van der Waals surface area (Å²) in [6.45, 7) is 1.17. The zero-order valence-electron chi connectivity index (χ0n) is 13.3. The third kappa shape index (κ3) is 6.58. The highest BCUT2D eigenvalue weighted by atomic mass is 127. The van der Waals surface area contributed by atoms with Gasteiger partial charge in [-0.2, -0.15) is 0 Å². The largest absolute Gasteiger partial charge is 0.489 e. The van der Waals surface area contributed by atoms with Gasteiger partial charge in [-0.25, -0.2) is 9.18 Å². The van der Waals surface area contributed by atoms with E-state index in [2.05, 4.69) is 45.2 Å². The molecule has 1 N–H and O–H groups in total. The highest BCUT2D eigenvalue weighted by Gasteiger charge is 2.31. The van der Waals surface area contributed by atoms with Gasteiger partial charge in [0.2, 0.25) is 6.17 Å². The number of hydrogen-bond acceptors (Lipinski definition) is 5. The lowest BCUT2D eigenvalue weighted by molar-refractivity contribution is -0.150. The van der Waals surface area contributed by atoms with Crippen LogP contribution >= 0.6 is 45.2 Å². The number of carboxylic acid groups (broad SMARTS) is 1. The average Bonchev–Trinajstić information content (AvgIpc) is 2.53. The molecule has 0 radical (unpaired) electrons. The summed E-state index contributed by atoms with van der Waals surface area (Å²) in [4.78, 5) is 11.0. The van der Waals surface area contributed by atoms with Crippen LogP contribution in [0.1, 0.15) is 11.7 Å². The first-order valence-corrected chi connectivity index (χ1v) is 9.16. The van der Waals surface area contributed by atoms with Crippen molar-refractivity contribution in [2.24, 2.45) is 0 Å². The minimum absolute atomic E-state index is 0.0914. The minimum Gasteiger partial charge on any atom is -0.489 e. The van der Waals surface area contributed by atoms with Gasteiger partial charge in [0.25, 0.3) is 0 Å². The molecule has 0 spiro atoms. The Balaban J connectivity index is 3.03. The number of alkyl halides is 1. The van der Waals surface area contributed by atoms with Gasteiger partial charge < -0.3 is 24.1 Å². The van der Waals surface area contributed by atoms with Crippen LogP contribution in [0.3, 0.4) is 0 Å². The van der Waals surface area contributed by atoms with Crippen molar-refractivity contribution in [3.05, 3.63) is 24.8 Å². The molecule has 0 aliphatic heterocycles. The van der Waals surface area contributed by atoms with Crippen LogP contribution in [0.25, 0.3) is 0 Å². The quantitative estimate of drug-likeness (QED) is 0.327. The zero-order valence-corrected chi connectivity index (χ0v) is 17.6. The lowest BCUT2D eigenvalue weighted by atomic mass is 10.0. The molecule has 6 nitrogen and oxygen atoms in total. The number of halogens is 3. The Morgan fingerprint density at radius 1 is 1.12 bits per heavy atom. The molecule has 0 amide bonds. The van der Waals surface area contributed by atoms with Gasteiger partial charge in [-0.3, -0.25) is 0 Å². The molecule has 1 aromatic carbocycles. The lowest BCUT2D eigenvalue weighted by Gasteiger charge is -2.21. The van der Waals surface area contributed by atoms with E-state index in [1.807, 2.05) is 0 Å². The zero-order chi connectivity index (χ0) is 18.1. The van der Waals surface area contributed by atoms with E-state index in [-0.39, 0.29) is 13.2 Å². The topological polar surface area (TPSA) is 74.2 Å². The molecule has 2 atom stereocenters. The number of benzene rings is 1. The third-order valence-corrected chi connectivity index (χ3v) is 4.57. The Morgan fingerprint density at radius 3 is 2.17 bits per heavy atom. The molecular formula is C15H19FI2O6. The Hall–Kier alpha value is -0.240. The molecular weight excluding hydrogens is 549 g/mol. The maximum absolute atomic E-state index is 14.1. The van der Waals surface area contributed by atoms with Crippen LogP contribution in [-0.2, 0) is 19.0 Å². The van der Waals surface area contributed by atoms with Crippen molar-refractivity contribution >= 4 is 51.2 Å². The molecule has 2 unspecified atom stereocenters. The third-order valence-electron chi connectivity index (χ3n) is 2.97. The van der Waals surface area contributed by atoms with Crippen LogP contribution in [0.4, 0.5) is 4.39 Å². The van der Waals surface area contributed by atoms with Crippen molar-refractivity contribution in [3.63, 3.8) is 0 Å². The van der Waals surface area contributed by atoms with E-state index < -0.39 is 18.2 Å². The second-order valence-corrected chi connectivity index (χ2v) is 7.00. The van der Waals surface area contributed by atoms with Gasteiger partial charge in [0.05, 0.1) is 27.0 Å². The fourth-order valence-corrected chi connectivity index (χ4v) is 3.97. The number of carbonyl (C=O) groups is 1. The minimum atomic E-state index is -2.17. The summed E-state index contributed by atoms with van der Waals surface area (Å²) >= 11 is 4.12. The highest BCUT2D eigenvalue weighted by Crippen LogP contribution is 2.34. The summed E-state index contributed by atoms with van der Waals surface area (Å²) in [5.41, 5.74) is 0.439. The molecule has 9 heteroatoms. The summed E-state index contributed by atoms with van der Waals surface area (Å²) in [5, 5.41) is 8.98. The SMILES string of the molecule is COCCOc1c(I)cc(C(OCCOC)C(F)C(=O)O)cc1I. The van der Waals surface area contributed by atoms with Gasteiger partial charge >= 0.3 is 5.97 Å². The Labute approximate surface area is 167 Å². The Kier molecular flexibility index (Phi) is 10.3. The number of ether oxygens (including phenoxy) is 4. The van der Waals surface area contributed by atoms with Gasteiger partial charge in [-0.15, -0.1) is 0 Å². The van der Waals surface area contributed by atoms with Gasteiger partial charge in [0.1, 0.15) is 18.5 Å². The maximum atomic E-state index is 14.1. The smallest absolute Gasteiger partial charge is 0.341 e. The number of hydrogen-bond donors (Lipinski definition) is 1. The van der Waals surface area contributed by atoms with E-state index in [1.165, 1.54) is 7.11 Å². The number of aliphatic carboxylic acids is 1. The fraction of sp³-hybridized carbons (Fsp3) is 0.533. The van der Waals surface area contributed by atoms with E-state index in [1.54, 1.807) is 19.2 Å². The van der Waals surface area contributed by atoms with E-state index in [0.29, 0.717) is 24.5 Å². The van der Waals surface area contributed by atoms with Crippen LogP contribution in [-0.4, -0.2) is 57.9 Å². The summed E-state index contributed by atoms with van der Waals surface area (Å²) in [7, 11) is 3.07. The molecule has 1 aromatic rings. The average molecular weight is 568 g/mol. The molecule has 0 bridgehead atoms. The number of methoxy groups -OCH3 is 2. The van der Waals surface area contributed by atoms with Crippen molar-refractivity contribution in [2.45, 2.75) is 12.3 Å². The van der Waals surface area contributed by atoms with Crippen molar-refractivity contribution in [1.82, 2.24) is 0 Å². The molecule has 136 valence electrons. The van der Waals surface area contributed by atoms with Crippen LogP contribution in [0, 0.1) is 7.14 Å². The predicted octanol–water partition coefficient (Wildman–Crippen LogP) is 3.05. The summed E-state index contributed by atoms with van der Waals surface area (Å²) in [5.74, 6) is -0.916. The fourth-order valence-electron chi connectivity index (χ4n) is 1.85. The van der Waals surface area contributed by atoms with Gasteiger partial charge in [0, 0.05) is 14.2 Å². The normalized spacial score (nSPS) is 13.5. The highest BCUT2D eigenvalue weighted by molar-refractivity contribution is 14.1. The summed E-state index contributed by atoms with van der Waals surface area (Å²) in [6.07, 6.45) is -3.39. The molecule has 0 aromatic heterocycles. The molecule has 0 saturated carbocycles. The molecule has 1 rings (SSSR count). The van der Waals surface area contributed by atoms with Crippen LogP contribution in [0.15, 0.2) is 12.1 Å². The van der Waals surface area contributed by atoms with Gasteiger partial charge in [-0.1, -0.05) is 0 Å². The Morgan fingerprint density at radius 2 is 1.67 bits per heavy atom. The maximum Gasteiger partial charge on any atom is 0.341 e. The van der Waals surface area contributed by atoms with Crippen molar-refractivity contribution < 1.29 is 33.2 Å². The number of rotatable bonds is 11. The first kappa shape index (κ1) is 21.8. The summed E-state index contributed by atoms with van der Waals surface area (Å²) in [6, 6.07) is 3.33.